The highest BCUT2D eigenvalue weighted by atomic mass is 35.5. The lowest BCUT2D eigenvalue weighted by molar-refractivity contribution is -0.165. The van der Waals surface area contributed by atoms with Crippen molar-refractivity contribution >= 4 is 18.4 Å². The van der Waals surface area contributed by atoms with Crippen LogP contribution in [0, 0.1) is 0 Å². The molecule has 0 aromatic carbocycles. The zero-order valence-electron chi connectivity index (χ0n) is 9.14. The topological polar surface area (TPSA) is 50.4 Å². The Labute approximate surface area is 91.2 Å². The molecule has 0 atom stereocenters. The number of carbonyl (C=O) groups is 1. The number of nitrogens with one attached hydrogen (secondary N) is 2. The zero-order chi connectivity index (χ0) is 10.1. The van der Waals surface area contributed by atoms with Crippen LogP contribution in [0.5, 0.6) is 0 Å². The van der Waals surface area contributed by atoms with E-state index in [2.05, 4.69) is 10.6 Å². The Morgan fingerprint density at radius 3 is 2.14 bits per heavy atom. The van der Waals surface area contributed by atoms with Gasteiger partial charge in [0.2, 0.25) is 0 Å². The molecule has 14 heavy (non-hydrogen) atoms. The van der Waals surface area contributed by atoms with E-state index in [4.69, 9.17) is 4.74 Å². The second kappa shape index (κ2) is 4.47. The van der Waals surface area contributed by atoms with Gasteiger partial charge in [0.1, 0.15) is 11.1 Å². The molecule has 0 unspecified atom stereocenters. The minimum atomic E-state index is -0.493. The number of carbonyl (C=O) groups excluding carboxylic acids is 1. The third kappa shape index (κ3) is 2.83. The summed E-state index contributed by atoms with van der Waals surface area (Å²) in [4.78, 5) is 11.7. The van der Waals surface area contributed by atoms with Crippen molar-refractivity contribution in [3.63, 3.8) is 0 Å². The maximum absolute atomic E-state index is 11.7. The molecule has 1 aliphatic heterocycles. The average molecular weight is 223 g/mol. The number of likely N-dealkylation sites (N-methyl/N-ethyl adjacent to an activating group) is 1. The Kier molecular flexibility index (Phi) is 4.36. The summed E-state index contributed by atoms with van der Waals surface area (Å²) in [5.41, 5.74) is -0.899. The molecule has 0 spiro atoms. The van der Waals surface area contributed by atoms with Crippen molar-refractivity contribution in [1.82, 2.24) is 10.6 Å². The number of hydrogen-bond acceptors (Lipinski definition) is 4. The van der Waals surface area contributed by atoms with Crippen molar-refractivity contribution in [2.24, 2.45) is 0 Å². The SMILES string of the molecule is CNC1(C(=O)OC(C)(C)C)CNC1.Cl. The summed E-state index contributed by atoms with van der Waals surface area (Å²) in [5.74, 6) is -0.166. The summed E-state index contributed by atoms with van der Waals surface area (Å²) < 4.78 is 5.29. The molecule has 1 aliphatic rings. The van der Waals surface area contributed by atoms with Gasteiger partial charge in [0.25, 0.3) is 0 Å². The van der Waals surface area contributed by atoms with Gasteiger partial charge in [-0.25, -0.2) is 4.79 Å². The van der Waals surface area contributed by atoms with E-state index >= 15 is 0 Å². The molecule has 4 nitrogen and oxygen atoms in total. The number of esters is 1. The number of ether oxygens (including phenoxy) is 1. The van der Waals surface area contributed by atoms with E-state index in [1.807, 2.05) is 20.8 Å². The standard InChI is InChI=1S/C9H18N2O2.ClH/c1-8(2,3)13-7(12)9(10-4)5-11-6-9;/h10-11H,5-6H2,1-4H3;1H. The van der Waals surface area contributed by atoms with E-state index in [1.165, 1.54) is 0 Å². The second-order valence-electron chi connectivity index (χ2n) is 4.44. The first kappa shape index (κ1) is 13.7. The average Bonchev–Trinajstić information content (AvgIpc) is 1.80. The lowest BCUT2D eigenvalue weighted by Gasteiger charge is -2.41. The van der Waals surface area contributed by atoms with Crippen LogP contribution in [-0.4, -0.2) is 37.2 Å². The highest BCUT2D eigenvalue weighted by Gasteiger charge is 2.45. The van der Waals surface area contributed by atoms with Crippen LogP contribution in [0.4, 0.5) is 0 Å². The van der Waals surface area contributed by atoms with Gasteiger partial charge in [0.05, 0.1) is 0 Å². The van der Waals surface area contributed by atoms with Crippen molar-refractivity contribution in [2.75, 3.05) is 20.1 Å². The van der Waals surface area contributed by atoms with Crippen molar-refractivity contribution in [1.29, 1.82) is 0 Å². The molecule has 0 aromatic rings. The molecule has 1 fully saturated rings. The first-order valence-electron chi connectivity index (χ1n) is 4.53. The molecule has 1 saturated heterocycles. The fraction of sp³-hybridized carbons (Fsp3) is 0.889. The van der Waals surface area contributed by atoms with Crippen LogP contribution in [0.3, 0.4) is 0 Å². The highest BCUT2D eigenvalue weighted by Crippen LogP contribution is 2.17. The molecule has 84 valence electrons. The summed E-state index contributed by atoms with van der Waals surface area (Å²) >= 11 is 0. The molecule has 0 radical (unpaired) electrons. The molecule has 2 N–H and O–H groups in total. The van der Waals surface area contributed by atoms with Crippen molar-refractivity contribution in [3.8, 4) is 0 Å². The summed E-state index contributed by atoms with van der Waals surface area (Å²) in [6.45, 7) is 6.93. The van der Waals surface area contributed by atoms with Crippen molar-refractivity contribution in [2.45, 2.75) is 31.9 Å². The molecule has 1 heterocycles. The summed E-state index contributed by atoms with van der Waals surface area (Å²) in [6, 6.07) is 0. The largest absolute Gasteiger partial charge is 0.459 e. The number of halogens is 1. The highest BCUT2D eigenvalue weighted by molar-refractivity contribution is 5.85. The summed E-state index contributed by atoms with van der Waals surface area (Å²) in [7, 11) is 1.78. The molecule has 0 amide bonds. The minimum absolute atomic E-state index is 0. The van der Waals surface area contributed by atoms with Crippen LogP contribution in [0.2, 0.25) is 0 Å². The molecule has 0 aromatic heterocycles. The number of rotatable bonds is 2. The van der Waals surface area contributed by atoms with Crippen LogP contribution in [-0.2, 0) is 9.53 Å². The van der Waals surface area contributed by atoms with Gasteiger partial charge in [-0.1, -0.05) is 0 Å². The van der Waals surface area contributed by atoms with Gasteiger partial charge in [-0.2, -0.15) is 0 Å². The number of hydrogen-bond donors (Lipinski definition) is 2. The summed E-state index contributed by atoms with van der Waals surface area (Å²) in [6.07, 6.45) is 0. The van der Waals surface area contributed by atoms with Crippen LogP contribution >= 0.6 is 12.4 Å². The Hall–Kier alpha value is -0.320. The Morgan fingerprint density at radius 1 is 1.43 bits per heavy atom. The van der Waals surface area contributed by atoms with Gasteiger partial charge < -0.3 is 15.4 Å². The van der Waals surface area contributed by atoms with Crippen molar-refractivity contribution in [3.05, 3.63) is 0 Å². The Balaban J connectivity index is 0.00000169. The van der Waals surface area contributed by atoms with E-state index in [0.29, 0.717) is 13.1 Å². The molecular formula is C9H19ClN2O2. The normalized spacial score (nSPS) is 19.1. The monoisotopic (exact) mass is 222 g/mol. The predicted molar refractivity (Wildman–Crippen MR) is 57.8 cm³/mol. The third-order valence-electron chi connectivity index (χ3n) is 2.12. The van der Waals surface area contributed by atoms with Gasteiger partial charge in [0, 0.05) is 13.1 Å². The van der Waals surface area contributed by atoms with E-state index in [1.54, 1.807) is 7.05 Å². The van der Waals surface area contributed by atoms with E-state index in [9.17, 15) is 4.79 Å². The van der Waals surface area contributed by atoms with Crippen LogP contribution in [0.15, 0.2) is 0 Å². The van der Waals surface area contributed by atoms with Gasteiger partial charge in [0.15, 0.2) is 0 Å². The van der Waals surface area contributed by atoms with E-state index in [0.717, 1.165) is 0 Å². The van der Waals surface area contributed by atoms with Crippen LogP contribution in [0.25, 0.3) is 0 Å². The molecule has 5 heteroatoms. The first-order chi connectivity index (χ1) is 5.90. The van der Waals surface area contributed by atoms with Gasteiger partial charge in [-0.3, -0.25) is 0 Å². The summed E-state index contributed by atoms with van der Waals surface area (Å²) in [5, 5.41) is 6.06. The molecule has 1 rings (SSSR count). The maximum Gasteiger partial charge on any atom is 0.329 e. The molecule has 0 aliphatic carbocycles. The molecule has 0 bridgehead atoms. The maximum atomic E-state index is 11.7. The molecule has 0 saturated carbocycles. The minimum Gasteiger partial charge on any atom is -0.459 e. The van der Waals surface area contributed by atoms with Crippen molar-refractivity contribution < 1.29 is 9.53 Å². The van der Waals surface area contributed by atoms with E-state index < -0.39 is 11.1 Å². The lowest BCUT2D eigenvalue weighted by atomic mass is 9.92. The molecular weight excluding hydrogens is 204 g/mol. The van der Waals surface area contributed by atoms with Gasteiger partial charge in [-0.05, 0) is 27.8 Å². The fourth-order valence-corrected chi connectivity index (χ4v) is 1.17. The smallest absolute Gasteiger partial charge is 0.329 e. The Bertz CT molecular complexity index is 204. The predicted octanol–water partition coefficient (Wildman–Crippen LogP) is 0.311. The zero-order valence-corrected chi connectivity index (χ0v) is 9.96. The van der Waals surface area contributed by atoms with Crippen LogP contribution < -0.4 is 10.6 Å². The fourth-order valence-electron chi connectivity index (χ4n) is 1.17. The Morgan fingerprint density at radius 2 is 1.93 bits per heavy atom. The second-order valence-corrected chi connectivity index (χ2v) is 4.44. The quantitative estimate of drug-likeness (QED) is 0.661. The first-order valence-corrected chi connectivity index (χ1v) is 4.53. The van der Waals surface area contributed by atoms with E-state index in [-0.39, 0.29) is 18.4 Å². The van der Waals surface area contributed by atoms with Crippen LogP contribution in [0.1, 0.15) is 20.8 Å². The third-order valence-corrected chi connectivity index (χ3v) is 2.12. The van der Waals surface area contributed by atoms with Gasteiger partial charge in [-0.15, -0.1) is 12.4 Å². The lowest BCUT2D eigenvalue weighted by Crippen LogP contribution is -2.72. The van der Waals surface area contributed by atoms with Gasteiger partial charge >= 0.3 is 5.97 Å².